The molecule has 2 aromatic carbocycles. The Labute approximate surface area is 638 Å². The minimum absolute atomic E-state index is 0.00521. The molecule has 6 heterocycles. The van der Waals surface area contributed by atoms with Gasteiger partial charge < -0.3 is 80.0 Å². The number of pyridine rings is 2. The molecule has 4 aliphatic rings. The number of aliphatic carboxylic acids is 1. The number of anilines is 2. The molecule has 2 saturated carbocycles. The van der Waals surface area contributed by atoms with E-state index >= 15 is 0 Å². The second-order valence-electron chi connectivity index (χ2n) is 32.3. The monoisotopic (exact) mass is 1530 g/mol. The van der Waals surface area contributed by atoms with Crippen LogP contribution < -0.4 is 50.8 Å². The molecule has 0 unspecified atom stereocenters. The lowest BCUT2D eigenvalue weighted by atomic mass is 9.85. The molecule has 4 aromatic heterocycles. The van der Waals surface area contributed by atoms with Gasteiger partial charge in [0.2, 0.25) is 23.6 Å². The van der Waals surface area contributed by atoms with Crippen LogP contribution in [0.4, 0.5) is 19.9 Å². The summed E-state index contributed by atoms with van der Waals surface area (Å²) in [6, 6.07) is 10.5. The number of alkyl carbamates (subject to hydrolysis) is 2. The van der Waals surface area contributed by atoms with E-state index in [2.05, 4.69) is 45.1 Å². The second-order valence-corrected chi connectivity index (χ2v) is 34.1. The van der Waals surface area contributed by atoms with Gasteiger partial charge in [0.05, 0.1) is 56.3 Å². The molecule has 10 atom stereocenters. The molecule has 7 N–H and O–H groups in total. The fourth-order valence-electron chi connectivity index (χ4n) is 12.9. The molecule has 2 aliphatic heterocycles. The summed E-state index contributed by atoms with van der Waals surface area (Å²) < 4.78 is 40.7. The van der Waals surface area contributed by atoms with Crippen molar-refractivity contribution in [3.8, 4) is 45.8 Å². The van der Waals surface area contributed by atoms with E-state index in [0.717, 1.165) is 10.3 Å². The molecule has 108 heavy (non-hydrogen) atoms. The van der Waals surface area contributed by atoms with Crippen LogP contribution in [0.3, 0.4) is 0 Å². The summed E-state index contributed by atoms with van der Waals surface area (Å²) in [6.45, 7) is 38.7. The molecule has 4 fully saturated rings. The van der Waals surface area contributed by atoms with Crippen molar-refractivity contribution in [2.45, 2.75) is 214 Å². The van der Waals surface area contributed by atoms with Gasteiger partial charge in [-0.2, -0.15) is 0 Å². The van der Waals surface area contributed by atoms with Crippen molar-refractivity contribution in [3.05, 3.63) is 84.6 Å². The normalized spacial score (nSPS) is 21.6. The Morgan fingerprint density at radius 2 is 0.972 bits per heavy atom. The van der Waals surface area contributed by atoms with E-state index in [-0.39, 0.29) is 57.0 Å². The van der Waals surface area contributed by atoms with Crippen molar-refractivity contribution >= 4 is 102 Å². The summed E-state index contributed by atoms with van der Waals surface area (Å²) in [7, 11) is 3.15. The zero-order valence-electron chi connectivity index (χ0n) is 65.1. The van der Waals surface area contributed by atoms with E-state index in [1.807, 2.05) is 83.5 Å². The summed E-state index contributed by atoms with van der Waals surface area (Å²) in [6.07, 6.45) is 0.838. The zero-order valence-corrected chi connectivity index (χ0v) is 66.8. The zero-order chi connectivity index (χ0) is 79.5. The number of nitrogens with zero attached hydrogens (tertiary/aromatic N) is 6. The van der Waals surface area contributed by atoms with Crippen LogP contribution in [0.2, 0.25) is 0 Å². The van der Waals surface area contributed by atoms with Gasteiger partial charge in [-0.1, -0.05) is 53.7 Å². The Balaban J connectivity index is 0.000000249. The summed E-state index contributed by atoms with van der Waals surface area (Å²) in [5.74, 6) is -2.61. The smallest absolute Gasteiger partial charge is 0.408 e. The molecule has 2 saturated heterocycles. The molecule has 2 aliphatic carbocycles. The number of hydrogen-bond donors (Lipinski definition) is 7. The fourth-order valence-corrected chi connectivity index (χ4v) is 14.6. The van der Waals surface area contributed by atoms with Crippen LogP contribution in [-0.4, -0.2) is 187 Å². The number of amides is 6. The third kappa shape index (κ3) is 19.5. The van der Waals surface area contributed by atoms with Gasteiger partial charge in [0, 0.05) is 82.6 Å². The third-order valence-electron chi connectivity index (χ3n) is 18.5. The van der Waals surface area contributed by atoms with Crippen LogP contribution in [0, 0.1) is 22.7 Å². The van der Waals surface area contributed by atoms with Gasteiger partial charge in [0.15, 0.2) is 10.3 Å². The number of hydrogen-bond acceptors (Lipinski definition) is 23. The standard InChI is InChI=1S/C40H54N6O8S.C38H50N6O8S/c1-12-23-19-40(23,35(49)52-13-2)45-33(47)30-17-25(20-46(30)34(48)32(38(5,6)7)44-37(50)54-39(8,9)10)53-31-18-28(29-21-55-36(43-29)41-22(3)4)42-27-16-24(51-11)14-15-26(27)31;1-11-21-17-38(21,33(47)48)43-31(45)28-15-23(18-44(28)32(46)30(36(4,5)6)42-35(49)52-37(7,8)9)51-29-16-26(27-19-53-34(41-27)39-20(2)3)40-25-14-22(50-10)12-13-24(25)29/h12,14-16,18,21-23,25,30,32H,1,13,17,19-20H2,2-11H3,(H,41,43)(H,44,50)(H,45,47);11-14,16,19-21,23,28,30H,1,15,17-18H2,2-10H3,(H,39,41)(H,42,49)(H,43,45)(H,47,48)/t23-,25-,30+,32-,40-;21-,23-,28+,30-,38-/m11/s1. The maximum Gasteiger partial charge on any atom is 0.408 e. The summed E-state index contributed by atoms with van der Waals surface area (Å²) in [5, 5.41) is 34.5. The van der Waals surface area contributed by atoms with Crippen molar-refractivity contribution in [1.29, 1.82) is 0 Å². The second kappa shape index (κ2) is 32.5. The molecule has 28 nitrogen and oxygen atoms in total. The van der Waals surface area contributed by atoms with Gasteiger partial charge >= 0.3 is 24.1 Å². The highest BCUT2D eigenvalue weighted by atomic mass is 32.1. The predicted octanol–water partition coefficient (Wildman–Crippen LogP) is 11.7. The average molecular weight is 1530 g/mol. The molecule has 0 spiro atoms. The summed E-state index contributed by atoms with van der Waals surface area (Å²) in [5.41, 5.74) is -2.41. The molecule has 6 amide bonds. The minimum atomic E-state index is -1.52. The van der Waals surface area contributed by atoms with Crippen LogP contribution in [0.5, 0.6) is 23.0 Å². The molecule has 30 heteroatoms. The highest BCUT2D eigenvalue weighted by molar-refractivity contribution is 7.14. The first-order chi connectivity index (χ1) is 50.5. The molecule has 6 aromatic rings. The number of benzene rings is 2. The van der Waals surface area contributed by atoms with Gasteiger partial charge in [-0.3, -0.25) is 19.2 Å². The number of nitrogens with one attached hydrogen (secondary N) is 6. The molecular formula is C78H104N12O16S2. The van der Waals surface area contributed by atoms with E-state index < -0.39 is 123 Å². The fraction of sp³-hybridized carbons (Fsp3) is 0.538. The van der Waals surface area contributed by atoms with Crippen LogP contribution in [-0.2, 0) is 43.0 Å². The molecule has 10 rings (SSSR count). The molecule has 0 radical (unpaired) electrons. The van der Waals surface area contributed by atoms with Crippen molar-refractivity contribution < 1.29 is 76.6 Å². The highest BCUT2D eigenvalue weighted by Crippen LogP contribution is 2.47. The van der Waals surface area contributed by atoms with Crippen LogP contribution in [0.1, 0.15) is 143 Å². The lowest BCUT2D eigenvalue weighted by Crippen LogP contribution is -2.59. The Morgan fingerprint density at radius 1 is 0.583 bits per heavy atom. The first kappa shape index (κ1) is 82.2. The maximum atomic E-state index is 14.6. The number of carboxylic acid groups (broad SMARTS) is 1. The number of methoxy groups -OCH3 is 2. The maximum absolute atomic E-state index is 14.6. The number of esters is 1. The van der Waals surface area contributed by atoms with Crippen LogP contribution in [0.25, 0.3) is 44.6 Å². The Bertz CT molecular complexity index is 4380. The number of carboxylic acids is 1. The van der Waals surface area contributed by atoms with Crippen LogP contribution >= 0.6 is 22.7 Å². The molecule has 584 valence electrons. The minimum Gasteiger partial charge on any atom is -0.497 e. The van der Waals surface area contributed by atoms with E-state index in [0.29, 0.717) is 74.0 Å². The van der Waals surface area contributed by atoms with Gasteiger partial charge in [-0.05, 0) is 124 Å². The summed E-state index contributed by atoms with van der Waals surface area (Å²) in [4.78, 5) is 131. The van der Waals surface area contributed by atoms with Gasteiger partial charge in [0.1, 0.15) is 93.0 Å². The largest absolute Gasteiger partial charge is 0.497 e. The lowest BCUT2D eigenvalue weighted by Gasteiger charge is -2.36. The Kier molecular flexibility index (Phi) is 24.8. The average Bonchev–Trinajstić information content (AvgIpc) is 1.58. The summed E-state index contributed by atoms with van der Waals surface area (Å²) >= 11 is 2.92. The van der Waals surface area contributed by atoms with Crippen molar-refractivity contribution in [2.24, 2.45) is 22.7 Å². The molecule has 0 bridgehead atoms. The quantitative estimate of drug-likeness (QED) is 0.0159. The van der Waals surface area contributed by atoms with Gasteiger partial charge in [0.25, 0.3) is 0 Å². The Hall–Kier alpha value is -9.84. The number of thiazole rings is 2. The van der Waals surface area contributed by atoms with E-state index in [1.165, 1.54) is 38.5 Å². The van der Waals surface area contributed by atoms with E-state index in [1.54, 1.807) is 114 Å². The number of rotatable bonds is 25. The SMILES string of the molecule is C=C[C@@H]1C[C@]1(NC(=O)[C@@H]1C[C@@H](Oc2cc(-c3csc(NC(C)C)n3)nc3cc(OC)ccc23)CN1C(=O)[C@@H](NC(=O)OC(C)(C)C)C(C)(C)C)C(=O)O.C=C[C@@H]1C[C@]1(NC(=O)[C@@H]1C[C@@H](Oc2cc(-c3csc(NC(C)C)n3)nc3cc(OC)ccc23)CN1C(=O)[C@@H](NC(=O)OC(C)(C)C)C(C)(C)C)C(=O)OCC. The topological polar surface area (TPSA) is 352 Å². The van der Waals surface area contributed by atoms with Crippen LogP contribution in [0.15, 0.2) is 84.6 Å². The van der Waals surface area contributed by atoms with Crippen molar-refractivity contribution in [2.75, 3.05) is 44.5 Å². The lowest BCUT2D eigenvalue weighted by molar-refractivity contribution is -0.150. The number of fused-ring (bicyclic) bond motifs is 2. The van der Waals surface area contributed by atoms with Crippen molar-refractivity contribution in [1.82, 2.24) is 51.0 Å². The Morgan fingerprint density at radius 3 is 1.31 bits per heavy atom. The van der Waals surface area contributed by atoms with Gasteiger partial charge in [-0.25, -0.2) is 39.1 Å². The number of likely N-dealkylation sites (tertiary alicyclic amines) is 2. The highest BCUT2D eigenvalue weighted by Gasteiger charge is 2.63. The van der Waals surface area contributed by atoms with Gasteiger partial charge in [-0.15, -0.1) is 35.8 Å². The van der Waals surface area contributed by atoms with Crippen molar-refractivity contribution in [3.63, 3.8) is 0 Å². The first-order valence-electron chi connectivity index (χ1n) is 36.2. The predicted molar refractivity (Wildman–Crippen MR) is 413 cm³/mol. The third-order valence-corrected chi connectivity index (χ3v) is 20.0. The number of carbonyl (C=O) groups is 8. The number of aromatic nitrogens is 4. The number of carbonyl (C=O) groups excluding carboxylic acids is 7. The number of ether oxygens (including phenoxy) is 7. The van der Waals surface area contributed by atoms with E-state index in [9.17, 15) is 43.5 Å². The molecular weight excluding hydrogens is 1430 g/mol. The van der Waals surface area contributed by atoms with E-state index in [4.69, 9.17) is 53.1 Å². The first-order valence-corrected chi connectivity index (χ1v) is 37.9.